The van der Waals surface area contributed by atoms with Crippen molar-refractivity contribution in [3.8, 4) is 11.5 Å². The second-order valence-corrected chi connectivity index (χ2v) is 11.3. The Balaban J connectivity index is 2.56. The van der Waals surface area contributed by atoms with Crippen molar-refractivity contribution in [3.05, 3.63) is 47.1 Å². The quantitative estimate of drug-likeness (QED) is 0.150. The standard InChI is InChI=1S/C31H46N4O6/c1-18-11-12-25(36)21(4)16-22(5)29(41-31(32)40)19(2)9-8-10-20(3)30(39)34-24-17-26(37)27(23(15-18)28(24)38)33-13-14-35(6)7/h8-10,13,16-19,21,25,29,36-38H,11-12,14-15H2,1-7H3,(H2,32,40)(H,34,39)/b9-8?,20-10+,22-16?,33-13?. The predicted octanol–water partition coefficient (Wildman–Crippen LogP) is 4.82. The number of phenolic OH excluding ortho intramolecular Hbond substituents is 2. The van der Waals surface area contributed by atoms with Gasteiger partial charge >= 0.3 is 6.09 Å². The van der Waals surface area contributed by atoms with E-state index in [1.165, 1.54) is 6.07 Å². The van der Waals surface area contributed by atoms with Crippen LogP contribution in [0.4, 0.5) is 16.2 Å². The minimum absolute atomic E-state index is 0.000131. The molecule has 41 heavy (non-hydrogen) atoms. The van der Waals surface area contributed by atoms with Gasteiger partial charge in [0.15, 0.2) is 0 Å². The number of allylic oxidation sites excluding steroid dienone is 2. The van der Waals surface area contributed by atoms with Gasteiger partial charge in [0.25, 0.3) is 5.91 Å². The molecule has 0 spiro atoms. The minimum Gasteiger partial charge on any atom is -0.506 e. The monoisotopic (exact) mass is 570 g/mol. The maximum atomic E-state index is 13.0. The number of nitrogens with zero attached hydrogens (tertiary/aromatic N) is 2. The molecule has 10 nitrogen and oxygen atoms in total. The molecule has 0 saturated carbocycles. The Morgan fingerprint density at radius 1 is 1.20 bits per heavy atom. The van der Waals surface area contributed by atoms with Crippen LogP contribution in [0, 0.1) is 17.8 Å². The summed E-state index contributed by atoms with van der Waals surface area (Å²) in [6.45, 7) is 9.75. The summed E-state index contributed by atoms with van der Waals surface area (Å²) < 4.78 is 5.40. The molecule has 2 bridgehead atoms. The number of carbonyl (C=O) groups is 2. The fourth-order valence-electron chi connectivity index (χ4n) is 4.73. The molecule has 0 fully saturated rings. The van der Waals surface area contributed by atoms with Gasteiger partial charge in [0, 0.05) is 41.8 Å². The van der Waals surface area contributed by atoms with E-state index in [1.807, 2.05) is 52.8 Å². The third-order valence-electron chi connectivity index (χ3n) is 7.19. The molecule has 0 saturated heterocycles. The number of nitrogens with one attached hydrogen (secondary N) is 1. The van der Waals surface area contributed by atoms with Gasteiger partial charge in [-0.3, -0.25) is 9.79 Å². The molecule has 5 atom stereocenters. The molecule has 0 radical (unpaired) electrons. The SMILES string of the molecule is CC1=CC(C)C(O)CCC(C)Cc2c(O)c(cc(O)c2N=CCN(C)C)NC(=O)/C(C)=C/C=CC(C)C1OC(N)=O. The van der Waals surface area contributed by atoms with Gasteiger partial charge in [0.2, 0.25) is 0 Å². The van der Waals surface area contributed by atoms with Crippen LogP contribution < -0.4 is 11.1 Å². The average Bonchev–Trinajstić information content (AvgIpc) is 2.88. The van der Waals surface area contributed by atoms with Crippen molar-refractivity contribution in [2.45, 2.75) is 66.1 Å². The first-order chi connectivity index (χ1) is 19.2. The summed E-state index contributed by atoms with van der Waals surface area (Å²) in [5.74, 6) is -1.28. The predicted molar refractivity (Wildman–Crippen MR) is 163 cm³/mol. The lowest BCUT2D eigenvalue weighted by molar-refractivity contribution is -0.112. The zero-order valence-corrected chi connectivity index (χ0v) is 25.2. The smallest absolute Gasteiger partial charge is 0.405 e. The van der Waals surface area contributed by atoms with Crippen LogP contribution in [0.3, 0.4) is 0 Å². The highest BCUT2D eigenvalue weighted by Crippen LogP contribution is 2.44. The number of amides is 2. The molecule has 10 heteroatoms. The van der Waals surface area contributed by atoms with Crippen LogP contribution in [0.25, 0.3) is 0 Å². The van der Waals surface area contributed by atoms with E-state index in [1.54, 1.807) is 31.4 Å². The summed E-state index contributed by atoms with van der Waals surface area (Å²) in [5.41, 5.74) is 7.19. The maximum absolute atomic E-state index is 13.0. The molecule has 1 aliphatic rings. The summed E-state index contributed by atoms with van der Waals surface area (Å²) in [6, 6.07) is 1.29. The number of ether oxygens (including phenoxy) is 1. The molecular formula is C31H46N4O6. The molecule has 1 aliphatic heterocycles. The lowest BCUT2D eigenvalue weighted by Crippen LogP contribution is -2.29. The third-order valence-corrected chi connectivity index (χ3v) is 7.19. The van der Waals surface area contributed by atoms with Crippen LogP contribution in [0.5, 0.6) is 11.5 Å². The van der Waals surface area contributed by atoms with E-state index in [0.717, 1.165) is 5.57 Å². The second-order valence-electron chi connectivity index (χ2n) is 11.3. The number of aliphatic imine (C=N–C) groups is 1. The molecular weight excluding hydrogens is 524 g/mol. The number of aromatic hydroxyl groups is 2. The number of primary amides is 1. The Hall–Kier alpha value is -3.63. The van der Waals surface area contributed by atoms with Gasteiger partial charge in [0.1, 0.15) is 23.3 Å². The van der Waals surface area contributed by atoms with E-state index < -0.39 is 24.2 Å². The van der Waals surface area contributed by atoms with E-state index in [-0.39, 0.29) is 40.6 Å². The molecule has 1 aromatic carbocycles. The number of rotatable bonds is 4. The van der Waals surface area contributed by atoms with Gasteiger partial charge in [0.05, 0.1) is 11.8 Å². The number of aliphatic hydroxyl groups is 1. The Labute approximate surface area is 243 Å². The lowest BCUT2D eigenvalue weighted by atomic mass is 9.89. The maximum Gasteiger partial charge on any atom is 0.405 e. The van der Waals surface area contributed by atoms with Gasteiger partial charge in [-0.25, -0.2) is 4.79 Å². The van der Waals surface area contributed by atoms with Gasteiger partial charge in [-0.05, 0) is 58.7 Å². The summed E-state index contributed by atoms with van der Waals surface area (Å²) in [7, 11) is 3.79. The summed E-state index contributed by atoms with van der Waals surface area (Å²) in [6.07, 6.45) is 7.88. The number of carbonyl (C=O) groups excluding carboxylic acids is 2. The zero-order valence-electron chi connectivity index (χ0n) is 25.2. The number of phenols is 2. The Morgan fingerprint density at radius 3 is 2.51 bits per heavy atom. The van der Waals surface area contributed by atoms with Crippen LogP contribution in [0.1, 0.15) is 53.0 Å². The first-order valence-corrected chi connectivity index (χ1v) is 13.9. The average molecular weight is 571 g/mol. The van der Waals surface area contributed by atoms with Crippen molar-refractivity contribution >= 4 is 29.6 Å². The van der Waals surface area contributed by atoms with Crippen molar-refractivity contribution in [2.24, 2.45) is 28.5 Å². The van der Waals surface area contributed by atoms with E-state index in [0.29, 0.717) is 36.9 Å². The molecule has 1 aromatic rings. The third kappa shape index (κ3) is 10.1. The van der Waals surface area contributed by atoms with Crippen LogP contribution in [-0.4, -0.2) is 71.3 Å². The van der Waals surface area contributed by atoms with E-state index in [2.05, 4.69) is 10.3 Å². The van der Waals surface area contributed by atoms with E-state index >= 15 is 0 Å². The van der Waals surface area contributed by atoms with Crippen LogP contribution in [0.15, 0.2) is 46.5 Å². The summed E-state index contributed by atoms with van der Waals surface area (Å²) in [4.78, 5) is 31.0. The number of anilines is 1. The molecule has 0 aromatic heterocycles. The lowest BCUT2D eigenvalue weighted by Gasteiger charge is -2.24. The molecule has 226 valence electrons. The van der Waals surface area contributed by atoms with Crippen LogP contribution in [0.2, 0.25) is 0 Å². The first-order valence-electron chi connectivity index (χ1n) is 13.9. The van der Waals surface area contributed by atoms with Gasteiger partial charge in [-0.15, -0.1) is 0 Å². The molecule has 5 unspecified atom stereocenters. The van der Waals surface area contributed by atoms with Crippen LogP contribution >= 0.6 is 0 Å². The minimum atomic E-state index is -0.898. The molecule has 0 aliphatic carbocycles. The fourth-order valence-corrected chi connectivity index (χ4v) is 4.73. The number of benzene rings is 1. The molecule has 2 amide bonds. The molecule has 1 heterocycles. The number of fused-ring (bicyclic) bond motifs is 2. The van der Waals surface area contributed by atoms with Crippen molar-refractivity contribution in [1.29, 1.82) is 0 Å². The van der Waals surface area contributed by atoms with Crippen molar-refractivity contribution in [2.75, 3.05) is 26.0 Å². The summed E-state index contributed by atoms with van der Waals surface area (Å²) in [5, 5.41) is 35.7. The Kier molecular flexibility index (Phi) is 12.6. The van der Waals surface area contributed by atoms with Gasteiger partial charge in [-0.1, -0.05) is 45.1 Å². The fraction of sp³-hybridized carbons (Fsp3) is 0.516. The Bertz CT molecular complexity index is 1200. The number of aliphatic hydroxyl groups excluding tert-OH is 1. The number of hydrogen-bond donors (Lipinski definition) is 5. The zero-order chi connectivity index (χ0) is 30.9. The highest BCUT2D eigenvalue weighted by molar-refractivity contribution is 6.04. The van der Waals surface area contributed by atoms with Gasteiger partial charge in [-0.2, -0.15) is 0 Å². The van der Waals surface area contributed by atoms with Crippen molar-refractivity contribution in [1.82, 2.24) is 4.90 Å². The van der Waals surface area contributed by atoms with E-state index in [4.69, 9.17) is 10.5 Å². The highest BCUT2D eigenvalue weighted by atomic mass is 16.6. The van der Waals surface area contributed by atoms with E-state index in [9.17, 15) is 24.9 Å². The number of nitrogens with two attached hydrogens (primary N) is 1. The van der Waals surface area contributed by atoms with Gasteiger partial charge < -0.3 is 36.0 Å². The Morgan fingerprint density at radius 2 is 1.88 bits per heavy atom. The highest BCUT2D eigenvalue weighted by Gasteiger charge is 2.24. The molecule has 2 rings (SSSR count). The largest absolute Gasteiger partial charge is 0.506 e. The van der Waals surface area contributed by atoms with Crippen LogP contribution in [-0.2, 0) is 16.0 Å². The second kappa shape index (κ2) is 15.4. The van der Waals surface area contributed by atoms with Crippen molar-refractivity contribution < 1.29 is 29.6 Å². The number of hydrogen-bond acceptors (Lipinski definition) is 8. The first kappa shape index (κ1) is 33.6. The summed E-state index contributed by atoms with van der Waals surface area (Å²) >= 11 is 0. The topological polar surface area (TPSA) is 158 Å². The van der Waals surface area contributed by atoms with Crippen molar-refractivity contribution in [3.63, 3.8) is 0 Å². The normalized spacial score (nSPS) is 26.4. The molecule has 6 N–H and O–H groups in total.